The Bertz CT molecular complexity index is 993. The number of aromatic nitrogens is 1. The summed E-state index contributed by atoms with van der Waals surface area (Å²) in [5, 5.41) is 6.56. The van der Waals surface area contributed by atoms with Gasteiger partial charge in [-0.05, 0) is 62.1 Å². The molecule has 1 atom stereocenters. The second-order valence-corrected chi connectivity index (χ2v) is 9.67. The fourth-order valence-corrected chi connectivity index (χ4v) is 4.18. The molecule has 1 fully saturated rings. The van der Waals surface area contributed by atoms with Gasteiger partial charge in [0.2, 0.25) is 0 Å². The predicted octanol–water partition coefficient (Wildman–Crippen LogP) is 4.48. The molecule has 1 saturated heterocycles. The first-order valence-corrected chi connectivity index (χ1v) is 11.8. The SMILES string of the molecule is Cc1ccc(C(=O)Nc2cc(Cl)cc(CN3CCN(C(=O)NCC(C)C)[C@@H](C)C3)c2C)cn1. The van der Waals surface area contributed by atoms with Gasteiger partial charge in [-0.15, -0.1) is 0 Å². The van der Waals surface area contributed by atoms with Crippen LogP contribution in [0.1, 0.15) is 48.0 Å². The van der Waals surface area contributed by atoms with Crippen molar-refractivity contribution in [3.8, 4) is 0 Å². The van der Waals surface area contributed by atoms with Crippen LogP contribution in [0.4, 0.5) is 10.5 Å². The van der Waals surface area contributed by atoms with Crippen LogP contribution < -0.4 is 10.6 Å². The maximum Gasteiger partial charge on any atom is 0.317 e. The van der Waals surface area contributed by atoms with Crippen LogP contribution in [0.25, 0.3) is 0 Å². The molecule has 0 saturated carbocycles. The number of hydrogen-bond acceptors (Lipinski definition) is 4. The van der Waals surface area contributed by atoms with Crippen molar-refractivity contribution in [2.75, 3.05) is 31.5 Å². The maximum atomic E-state index is 12.7. The summed E-state index contributed by atoms with van der Waals surface area (Å²) in [4.78, 5) is 33.6. The Morgan fingerprint density at radius 3 is 2.61 bits per heavy atom. The molecular weight excluding hydrogens is 438 g/mol. The Morgan fingerprint density at radius 1 is 1.21 bits per heavy atom. The van der Waals surface area contributed by atoms with Crippen LogP contribution in [0.5, 0.6) is 0 Å². The Labute approximate surface area is 201 Å². The summed E-state index contributed by atoms with van der Waals surface area (Å²) >= 11 is 6.40. The molecule has 33 heavy (non-hydrogen) atoms. The lowest BCUT2D eigenvalue weighted by Gasteiger charge is -2.40. The lowest BCUT2D eigenvalue weighted by atomic mass is 10.0. The molecule has 0 spiro atoms. The summed E-state index contributed by atoms with van der Waals surface area (Å²) < 4.78 is 0. The molecule has 2 heterocycles. The first-order chi connectivity index (χ1) is 15.6. The number of anilines is 1. The number of halogens is 1. The Hall–Kier alpha value is -2.64. The van der Waals surface area contributed by atoms with Crippen molar-refractivity contribution in [2.45, 2.75) is 47.2 Å². The number of aryl methyl sites for hydroxylation is 1. The summed E-state index contributed by atoms with van der Waals surface area (Å²) in [5.41, 5.74) is 4.10. The third kappa shape index (κ3) is 6.68. The van der Waals surface area contributed by atoms with Gasteiger partial charge in [0.25, 0.3) is 5.91 Å². The van der Waals surface area contributed by atoms with E-state index in [0.29, 0.717) is 41.8 Å². The largest absolute Gasteiger partial charge is 0.338 e. The minimum atomic E-state index is -0.214. The van der Waals surface area contributed by atoms with Gasteiger partial charge in [0.15, 0.2) is 0 Å². The third-order valence-electron chi connectivity index (χ3n) is 5.93. The van der Waals surface area contributed by atoms with Crippen molar-refractivity contribution in [3.63, 3.8) is 0 Å². The molecular formula is C25H34ClN5O2. The van der Waals surface area contributed by atoms with Gasteiger partial charge in [0.05, 0.1) is 5.56 Å². The summed E-state index contributed by atoms with van der Waals surface area (Å²) in [5.74, 6) is 0.210. The van der Waals surface area contributed by atoms with E-state index in [1.165, 1.54) is 0 Å². The van der Waals surface area contributed by atoms with Crippen LogP contribution in [0.15, 0.2) is 30.5 Å². The van der Waals surface area contributed by atoms with Gasteiger partial charge in [0, 0.05) is 61.4 Å². The Balaban J connectivity index is 1.66. The number of pyridine rings is 1. The van der Waals surface area contributed by atoms with E-state index in [1.54, 1.807) is 18.3 Å². The van der Waals surface area contributed by atoms with E-state index in [0.717, 1.165) is 29.9 Å². The minimum absolute atomic E-state index is 0.00498. The van der Waals surface area contributed by atoms with E-state index < -0.39 is 0 Å². The van der Waals surface area contributed by atoms with E-state index in [1.807, 2.05) is 30.9 Å². The van der Waals surface area contributed by atoms with Crippen LogP contribution in [0, 0.1) is 19.8 Å². The number of piperazine rings is 1. The normalized spacial score (nSPS) is 16.7. The van der Waals surface area contributed by atoms with Crippen LogP contribution in [0.2, 0.25) is 5.02 Å². The number of hydrogen-bond donors (Lipinski definition) is 2. The second-order valence-electron chi connectivity index (χ2n) is 9.24. The summed E-state index contributed by atoms with van der Waals surface area (Å²) in [6, 6.07) is 7.42. The molecule has 1 aliphatic heterocycles. The zero-order chi connectivity index (χ0) is 24.1. The number of rotatable bonds is 6. The molecule has 0 radical (unpaired) electrons. The van der Waals surface area contributed by atoms with E-state index >= 15 is 0 Å². The van der Waals surface area contributed by atoms with E-state index in [2.05, 4.69) is 41.3 Å². The fraction of sp³-hybridized carbons (Fsp3) is 0.480. The molecule has 0 bridgehead atoms. The zero-order valence-corrected chi connectivity index (χ0v) is 20.9. The standard InChI is InChI=1S/C25H34ClN5O2/c1-16(2)12-28-25(33)31-9-8-30(14-18(31)4)15-21-10-22(26)11-23(19(21)5)29-24(32)20-7-6-17(3)27-13-20/h6-7,10-11,13,16,18H,8-9,12,14-15H2,1-5H3,(H,28,33)(H,29,32)/t18-/m0/s1. The molecule has 178 valence electrons. The average molecular weight is 472 g/mol. The van der Waals surface area contributed by atoms with E-state index in [9.17, 15) is 9.59 Å². The van der Waals surface area contributed by atoms with Crippen LogP contribution in [-0.2, 0) is 6.54 Å². The Kier molecular flexibility index (Phi) is 8.32. The molecule has 0 unspecified atom stereocenters. The highest BCUT2D eigenvalue weighted by Crippen LogP contribution is 2.27. The Morgan fingerprint density at radius 2 is 1.97 bits per heavy atom. The quantitative estimate of drug-likeness (QED) is 0.651. The maximum absolute atomic E-state index is 12.7. The lowest BCUT2D eigenvalue weighted by Crippen LogP contribution is -2.56. The van der Waals surface area contributed by atoms with Crippen molar-refractivity contribution in [1.82, 2.24) is 20.1 Å². The van der Waals surface area contributed by atoms with Crippen LogP contribution in [-0.4, -0.2) is 58.9 Å². The van der Waals surface area contributed by atoms with Gasteiger partial charge in [-0.3, -0.25) is 14.7 Å². The number of carbonyl (C=O) groups is 2. The van der Waals surface area contributed by atoms with Gasteiger partial charge in [0.1, 0.15) is 0 Å². The fourth-order valence-electron chi connectivity index (χ4n) is 3.94. The second kappa shape index (κ2) is 11.0. The van der Waals surface area contributed by atoms with Gasteiger partial charge < -0.3 is 15.5 Å². The number of nitrogens with one attached hydrogen (secondary N) is 2. The van der Waals surface area contributed by atoms with Crippen LogP contribution in [0.3, 0.4) is 0 Å². The number of nitrogens with zero attached hydrogens (tertiary/aromatic N) is 3. The zero-order valence-electron chi connectivity index (χ0n) is 20.1. The highest BCUT2D eigenvalue weighted by atomic mass is 35.5. The summed E-state index contributed by atoms with van der Waals surface area (Å²) in [6.07, 6.45) is 1.57. The van der Waals surface area contributed by atoms with Crippen LogP contribution >= 0.6 is 11.6 Å². The summed E-state index contributed by atoms with van der Waals surface area (Å²) in [6.45, 7) is 13.7. The van der Waals surface area contributed by atoms with Crippen molar-refractivity contribution in [1.29, 1.82) is 0 Å². The molecule has 1 aliphatic rings. The molecule has 8 heteroatoms. The first kappa shape index (κ1) is 25.0. The van der Waals surface area contributed by atoms with Gasteiger partial charge >= 0.3 is 6.03 Å². The molecule has 2 N–H and O–H groups in total. The molecule has 2 aromatic rings. The van der Waals surface area contributed by atoms with Crippen molar-refractivity contribution in [3.05, 3.63) is 57.9 Å². The number of benzene rings is 1. The topological polar surface area (TPSA) is 77.6 Å². The molecule has 7 nitrogen and oxygen atoms in total. The molecule has 0 aliphatic carbocycles. The molecule has 1 aromatic heterocycles. The highest BCUT2D eigenvalue weighted by molar-refractivity contribution is 6.31. The first-order valence-electron chi connectivity index (χ1n) is 11.4. The minimum Gasteiger partial charge on any atom is -0.338 e. The van der Waals surface area contributed by atoms with E-state index in [-0.39, 0.29) is 18.0 Å². The lowest BCUT2D eigenvalue weighted by molar-refractivity contribution is 0.0970. The molecule has 3 rings (SSSR count). The smallest absolute Gasteiger partial charge is 0.317 e. The van der Waals surface area contributed by atoms with Gasteiger partial charge in [-0.1, -0.05) is 25.4 Å². The van der Waals surface area contributed by atoms with Crippen molar-refractivity contribution in [2.24, 2.45) is 5.92 Å². The summed E-state index contributed by atoms with van der Waals surface area (Å²) in [7, 11) is 0. The predicted molar refractivity (Wildman–Crippen MR) is 133 cm³/mol. The highest BCUT2D eigenvalue weighted by Gasteiger charge is 2.27. The number of amides is 3. The van der Waals surface area contributed by atoms with Gasteiger partial charge in [-0.25, -0.2) is 4.79 Å². The third-order valence-corrected chi connectivity index (χ3v) is 6.15. The van der Waals surface area contributed by atoms with Crippen molar-refractivity contribution >= 4 is 29.2 Å². The van der Waals surface area contributed by atoms with E-state index in [4.69, 9.17) is 11.6 Å². The average Bonchev–Trinajstić information content (AvgIpc) is 2.75. The van der Waals surface area contributed by atoms with Crippen molar-refractivity contribution < 1.29 is 9.59 Å². The monoisotopic (exact) mass is 471 g/mol. The van der Waals surface area contributed by atoms with Gasteiger partial charge in [-0.2, -0.15) is 0 Å². The number of urea groups is 1. The number of carbonyl (C=O) groups excluding carboxylic acids is 2. The molecule has 1 aromatic carbocycles. The molecule has 3 amide bonds.